The standard InChI is InChI=1S/C42H52N8O7/c1-25(51)45-31-17-13-27(14-18-31)19-33(37(52)38(43)53)46-40(55)35-22-32(50-36(23-44-48-50)42(2,3)57)24-49(35)41(56)34(20-26-9-5-4-6-10-26)47-39(54)30-16-15-28-11-7-8-12-29(28)21-30/h7-8,11-18,21,23,26,32-35,37,52,57H,4-6,9-10,19-20,22,24H2,1-3H3,(H2,43,53)(H,45,51)(H,46,55)(H,47,54)/t32-,33?,34?,35-,37?/m0/s1. The van der Waals surface area contributed by atoms with Crippen LogP contribution in [-0.2, 0) is 31.2 Å². The molecule has 302 valence electrons. The lowest BCUT2D eigenvalue weighted by Crippen LogP contribution is -2.57. The fourth-order valence-corrected chi connectivity index (χ4v) is 8.08. The van der Waals surface area contributed by atoms with Gasteiger partial charge in [-0.2, -0.15) is 0 Å². The lowest BCUT2D eigenvalue weighted by Gasteiger charge is -2.32. The molecule has 3 unspecified atom stereocenters. The Kier molecular flexibility index (Phi) is 12.7. The molecule has 15 heteroatoms. The maximum atomic E-state index is 14.9. The third-order valence-corrected chi connectivity index (χ3v) is 11.1. The van der Waals surface area contributed by atoms with E-state index in [4.69, 9.17) is 5.73 Å². The molecule has 2 aliphatic rings. The fourth-order valence-electron chi connectivity index (χ4n) is 8.08. The van der Waals surface area contributed by atoms with E-state index in [-0.39, 0.29) is 31.2 Å². The van der Waals surface area contributed by atoms with E-state index in [2.05, 4.69) is 26.3 Å². The van der Waals surface area contributed by atoms with Gasteiger partial charge in [-0.05, 0) is 73.2 Å². The molecule has 4 aromatic rings. The number of aromatic nitrogens is 3. The van der Waals surface area contributed by atoms with Gasteiger partial charge in [0.25, 0.3) is 5.91 Å². The lowest BCUT2D eigenvalue weighted by molar-refractivity contribution is -0.141. The second kappa shape index (κ2) is 17.6. The molecule has 6 rings (SSSR count). The smallest absolute Gasteiger partial charge is 0.251 e. The molecule has 1 aromatic heterocycles. The van der Waals surface area contributed by atoms with E-state index in [1.165, 1.54) is 22.7 Å². The number of rotatable bonds is 14. The van der Waals surface area contributed by atoms with Crippen LogP contribution in [0.25, 0.3) is 10.8 Å². The number of amides is 5. The normalized spacial score (nSPS) is 19.1. The van der Waals surface area contributed by atoms with Crippen LogP contribution >= 0.6 is 0 Å². The molecule has 57 heavy (non-hydrogen) atoms. The van der Waals surface area contributed by atoms with Crippen molar-refractivity contribution in [2.24, 2.45) is 11.7 Å². The molecule has 1 aliphatic carbocycles. The molecule has 0 radical (unpaired) electrons. The molecule has 0 spiro atoms. The van der Waals surface area contributed by atoms with Crippen molar-refractivity contribution in [3.63, 3.8) is 0 Å². The van der Waals surface area contributed by atoms with Gasteiger partial charge in [-0.3, -0.25) is 24.0 Å². The van der Waals surface area contributed by atoms with Gasteiger partial charge < -0.3 is 36.8 Å². The number of nitrogens with one attached hydrogen (secondary N) is 3. The number of hydrogen-bond acceptors (Lipinski definition) is 9. The highest BCUT2D eigenvalue weighted by atomic mass is 16.3. The number of carbonyl (C=O) groups is 5. The zero-order valence-corrected chi connectivity index (χ0v) is 32.6. The monoisotopic (exact) mass is 780 g/mol. The average molecular weight is 781 g/mol. The summed E-state index contributed by atoms with van der Waals surface area (Å²) in [5.74, 6) is -2.63. The third-order valence-electron chi connectivity index (χ3n) is 11.1. The maximum absolute atomic E-state index is 14.9. The summed E-state index contributed by atoms with van der Waals surface area (Å²) in [6, 6.07) is 15.9. The van der Waals surface area contributed by atoms with Crippen molar-refractivity contribution in [1.29, 1.82) is 0 Å². The van der Waals surface area contributed by atoms with Crippen LogP contribution < -0.4 is 21.7 Å². The number of carbonyl (C=O) groups excluding carboxylic acids is 5. The third kappa shape index (κ3) is 10.0. The van der Waals surface area contributed by atoms with Gasteiger partial charge in [-0.1, -0.05) is 79.8 Å². The van der Waals surface area contributed by atoms with Crippen molar-refractivity contribution in [1.82, 2.24) is 30.5 Å². The van der Waals surface area contributed by atoms with Gasteiger partial charge in [0.15, 0.2) is 6.10 Å². The highest BCUT2D eigenvalue weighted by Gasteiger charge is 2.45. The van der Waals surface area contributed by atoms with Crippen LogP contribution in [0.1, 0.15) is 93.4 Å². The first kappa shape index (κ1) is 41.0. The Labute approximate surface area is 331 Å². The summed E-state index contributed by atoms with van der Waals surface area (Å²) in [6.45, 7) is 4.57. The molecule has 2 fully saturated rings. The van der Waals surface area contributed by atoms with Crippen LogP contribution in [0.3, 0.4) is 0 Å². The average Bonchev–Trinajstić information content (AvgIpc) is 3.86. The minimum absolute atomic E-state index is 0.00165. The van der Waals surface area contributed by atoms with Crippen LogP contribution in [0.2, 0.25) is 0 Å². The van der Waals surface area contributed by atoms with Crippen LogP contribution in [0.4, 0.5) is 5.69 Å². The van der Waals surface area contributed by atoms with Gasteiger partial charge in [0.1, 0.15) is 17.7 Å². The number of aliphatic hydroxyl groups excluding tert-OH is 1. The number of fused-ring (bicyclic) bond motifs is 1. The van der Waals surface area contributed by atoms with Gasteiger partial charge >= 0.3 is 0 Å². The number of likely N-dealkylation sites (tertiary alicyclic amines) is 1. The molecule has 1 saturated heterocycles. The van der Waals surface area contributed by atoms with E-state index in [9.17, 15) is 34.2 Å². The van der Waals surface area contributed by atoms with E-state index >= 15 is 0 Å². The van der Waals surface area contributed by atoms with Gasteiger partial charge in [0, 0.05) is 31.1 Å². The van der Waals surface area contributed by atoms with Crippen molar-refractivity contribution >= 4 is 46.0 Å². The molecule has 3 aromatic carbocycles. The highest BCUT2D eigenvalue weighted by molar-refractivity contribution is 6.01. The van der Waals surface area contributed by atoms with Crippen molar-refractivity contribution in [3.05, 3.63) is 89.7 Å². The van der Waals surface area contributed by atoms with E-state index in [0.717, 1.165) is 42.9 Å². The number of anilines is 1. The van der Waals surface area contributed by atoms with Gasteiger partial charge in [0.2, 0.25) is 23.6 Å². The minimum atomic E-state index is -1.78. The van der Waals surface area contributed by atoms with Crippen molar-refractivity contribution in [2.45, 2.75) is 108 Å². The number of nitrogens with two attached hydrogens (primary N) is 1. The zero-order valence-electron chi connectivity index (χ0n) is 32.6. The van der Waals surface area contributed by atoms with Crippen molar-refractivity contribution < 1.29 is 34.2 Å². The summed E-state index contributed by atoms with van der Waals surface area (Å²) < 4.78 is 1.52. The Morgan fingerprint density at radius 3 is 2.32 bits per heavy atom. The van der Waals surface area contributed by atoms with E-state index in [0.29, 0.717) is 28.9 Å². The quantitative estimate of drug-likeness (QED) is 0.111. The van der Waals surface area contributed by atoms with Gasteiger partial charge in [0.05, 0.1) is 24.0 Å². The van der Waals surface area contributed by atoms with Gasteiger partial charge in [-0.15, -0.1) is 5.10 Å². The second-order valence-electron chi connectivity index (χ2n) is 15.9. The maximum Gasteiger partial charge on any atom is 0.251 e. The van der Waals surface area contributed by atoms with Crippen LogP contribution in [-0.4, -0.2) is 90.4 Å². The molecular weight excluding hydrogens is 729 g/mol. The largest absolute Gasteiger partial charge is 0.384 e. The number of hydrogen-bond donors (Lipinski definition) is 6. The summed E-state index contributed by atoms with van der Waals surface area (Å²) in [4.78, 5) is 68.5. The van der Waals surface area contributed by atoms with E-state index in [1.807, 2.05) is 30.3 Å². The Balaban J connectivity index is 1.31. The first-order valence-electron chi connectivity index (χ1n) is 19.6. The molecule has 7 N–H and O–H groups in total. The Morgan fingerprint density at radius 1 is 0.947 bits per heavy atom. The first-order valence-corrected chi connectivity index (χ1v) is 19.6. The molecule has 1 saturated carbocycles. The first-order chi connectivity index (χ1) is 27.2. The number of primary amides is 1. The molecular formula is C42H52N8O7. The summed E-state index contributed by atoms with van der Waals surface area (Å²) in [6.07, 6.45) is 5.07. The highest BCUT2D eigenvalue weighted by Crippen LogP contribution is 2.34. The summed E-state index contributed by atoms with van der Waals surface area (Å²) in [5, 5.41) is 40.5. The predicted octanol–water partition coefficient (Wildman–Crippen LogP) is 3.10. The fraction of sp³-hybridized carbons (Fsp3) is 0.452. The molecule has 5 amide bonds. The molecule has 0 bridgehead atoms. The van der Waals surface area contributed by atoms with Crippen LogP contribution in [0, 0.1) is 5.92 Å². The lowest BCUT2D eigenvalue weighted by atomic mass is 9.84. The van der Waals surface area contributed by atoms with Crippen molar-refractivity contribution in [3.8, 4) is 0 Å². The van der Waals surface area contributed by atoms with E-state index < -0.39 is 59.5 Å². The molecule has 15 nitrogen and oxygen atoms in total. The Bertz CT molecular complexity index is 2090. The topological polar surface area (TPSA) is 222 Å². The summed E-state index contributed by atoms with van der Waals surface area (Å²) >= 11 is 0. The number of aliphatic hydroxyl groups is 2. The van der Waals surface area contributed by atoms with Crippen molar-refractivity contribution in [2.75, 3.05) is 11.9 Å². The summed E-state index contributed by atoms with van der Waals surface area (Å²) in [7, 11) is 0. The SMILES string of the molecule is CC(=O)Nc1ccc(CC(NC(=O)[C@@H]2C[C@H](n3nncc3C(C)(C)O)CN2C(=O)C(CC2CCCCC2)NC(=O)c2ccc3ccccc3c2)C(O)C(N)=O)cc1. The zero-order chi connectivity index (χ0) is 40.9. The van der Waals surface area contributed by atoms with Gasteiger partial charge in [-0.25, -0.2) is 4.68 Å². The molecule has 2 heterocycles. The minimum Gasteiger partial charge on any atom is -0.384 e. The number of benzene rings is 3. The second-order valence-corrected chi connectivity index (χ2v) is 15.9. The predicted molar refractivity (Wildman–Crippen MR) is 212 cm³/mol. The number of nitrogens with zero attached hydrogens (tertiary/aromatic N) is 4. The molecule has 5 atom stereocenters. The Morgan fingerprint density at radius 2 is 1.65 bits per heavy atom. The summed E-state index contributed by atoms with van der Waals surface area (Å²) in [5.41, 5.74) is 6.15. The van der Waals surface area contributed by atoms with Crippen LogP contribution in [0.5, 0.6) is 0 Å². The van der Waals surface area contributed by atoms with E-state index in [1.54, 1.807) is 50.2 Å². The Hall–Kier alpha value is -5.67. The molecule has 1 aliphatic heterocycles. The van der Waals surface area contributed by atoms with Crippen LogP contribution in [0.15, 0.2) is 72.9 Å².